The second-order valence-electron chi connectivity index (χ2n) is 7.91. The molecule has 0 radical (unpaired) electrons. The molecule has 0 aliphatic carbocycles. The standard InChI is InChI=1S/C20H32N2O5S/c1-3-5-6-10-21-17(24)16-20-9-8-13(28-20)14(19(26)27-4-2)15(20)18(25)22(16)11-7-12-23/h13-16,23H,3-12H2,1-2H3,(H,21,24)/t13-,14+,15-,16?,20?/m0/s1. The van der Waals surface area contributed by atoms with Crippen LogP contribution in [0.3, 0.4) is 0 Å². The largest absolute Gasteiger partial charge is 0.466 e. The molecule has 0 saturated carbocycles. The molecule has 3 aliphatic heterocycles. The molecule has 2 bridgehead atoms. The van der Waals surface area contributed by atoms with E-state index in [1.165, 1.54) is 0 Å². The molecule has 8 heteroatoms. The van der Waals surface area contributed by atoms with E-state index in [0.717, 1.165) is 32.1 Å². The zero-order valence-corrected chi connectivity index (χ0v) is 17.6. The van der Waals surface area contributed by atoms with Gasteiger partial charge in [-0.25, -0.2) is 0 Å². The average Bonchev–Trinajstić information content (AvgIpc) is 3.31. The van der Waals surface area contributed by atoms with E-state index in [1.54, 1.807) is 23.6 Å². The molecule has 2 amide bonds. The third-order valence-corrected chi connectivity index (χ3v) is 8.20. The van der Waals surface area contributed by atoms with E-state index in [4.69, 9.17) is 4.74 Å². The van der Waals surface area contributed by atoms with Gasteiger partial charge in [-0.3, -0.25) is 14.4 Å². The molecule has 5 atom stereocenters. The van der Waals surface area contributed by atoms with Crippen molar-refractivity contribution in [1.82, 2.24) is 10.2 Å². The first-order valence-corrected chi connectivity index (χ1v) is 11.4. The number of aliphatic hydroxyl groups excluding tert-OH is 1. The van der Waals surface area contributed by atoms with Gasteiger partial charge in [0.2, 0.25) is 11.8 Å². The minimum Gasteiger partial charge on any atom is -0.466 e. The van der Waals surface area contributed by atoms with Crippen LogP contribution in [0.25, 0.3) is 0 Å². The number of esters is 1. The van der Waals surface area contributed by atoms with Crippen LogP contribution in [0.5, 0.6) is 0 Å². The van der Waals surface area contributed by atoms with Crippen molar-refractivity contribution < 1.29 is 24.2 Å². The van der Waals surface area contributed by atoms with Crippen molar-refractivity contribution in [1.29, 1.82) is 0 Å². The summed E-state index contributed by atoms with van der Waals surface area (Å²) in [7, 11) is 0. The summed E-state index contributed by atoms with van der Waals surface area (Å²) < 4.78 is 4.72. The highest BCUT2D eigenvalue weighted by molar-refractivity contribution is 8.02. The molecule has 3 rings (SSSR count). The van der Waals surface area contributed by atoms with Gasteiger partial charge in [0, 0.05) is 24.9 Å². The fraction of sp³-hybridized carbons (Fsp3) is 0.850. The Bertz CT molecular complexity index is 615. The first-order valence-electron chi connectivity index (χ1n) is 10.5. The smallest absolute Gasteiger partial charge is 0.310 e. The zero-order chi connectivity index (χ0) is 20.3. The third-order valence-electron chi connectivity index (χ3n) is 6.24. The van der Waals surface area contributed by atoms with Crippen molar-refractivity contribution in [2.24, 2.45) is 11.8 Å². The van der Waals surface area contributed by atoms with Gasteiger partial charge in [0.05, 0.1) is 23.2 Å². The van der Waals surface area contributed by atoms with Crippen LogP contribution in [0.1, 0.15) is 52.4 Å². The van der Waals surface area contributed by atoms with Crippen molar-refractivity contribution in [3.05, 3.63) is 0 Å². The van der Waals surface area contributed by atoms with Crippen molar-refractivity contribution in [2.45, 2.75) is 68.4 Å². The lowest BCUT2D eigenvalue weighted by molar-refractivity contribution is -0.153. The minimum atomic E-state index is -0.576. The molecule has 28 heavy (non-hydrogen) atoms. The van der Waals surface area contributed by atoms with Crippen LogP contribution >= 0.6 is 11.8 Å². The van der Waals surface area contributed by atoms with Gasteiger partial charge in [0.25, 0.3) is 0 Å². The normalized spacial score (nSPS) is 33.2. The number of unbranched alkanes of at least 4 members (excludes halogenated alkanes) is 2. The maximum Gasteiger partial charge on any atom is 0.310 e. The number of amides is 2. The van der Waals surface area contributed by atoms with Crippen LogP contribution in [-0.4, -0.2) is 70.1 Å². The number of rotatable bonds is 10. The molecule has 1 spiro atoms. The number of carbonyl (C=O) groups is 3. The molecule has 3 saturated heterocycles. The van der Waals surface area contributed by atoms with Crippen LogP contribution in [0.2, 0.25) is 0 Å². The van der Waals surface area contributed by atoms with Gasteiger partial charge in [-0.1, -0.05) is 19.8 Å². The Morgan fingerprint density at radius 1 is 1.32 bits per heavy atom. The van der Waals surface area contributed by atoms with E-state index >= 15 is 0 Å². The fourth-order valence-corrected chi connectivity index (χ4v) is 7.33. The molecule has 158 valence electrons. The Kier molecular flexibility index (Phi) is 6.91. The number of nitrogens with one attached hydrogen (secondary N) is 1. The Morgan fingerprint density at radius 2 is 2.11 bits per heavy atom. The molecule has 7 nitrogen and oxygen atoms in total. The summed E-state index contributed by atoms with van der Waals surface area (Å²) in [4.78, 5) is 40.7. The monoisotopic (exact) mass is 412 g/mol. The number of likely N-dealkylation sites (tertiary alicyclic amines) is 1. The van der Waals surface area contributed by atoms with Crippen LogP contribution in [0.4, 0.5) is 0 Å². The molecule has 0 aromatic rings. The predicted molar refractivity (Wildman–Crippen MR) is 107 cm³/mol. The first-order chi connectivity index (χ1) is 13.5. The fourth-order valence-electron chi connectivity index (χ4n) is 5.12. The third kappa shape index (κ3) is 3.54. The number of aliphatic hydroxyl groups is 1. The summed E-state index contributed by atoms with van der Waals surface area (Å²) >= 11 is 1.65. The molecule has 0 aromatic carbocycles. The van der Waals surface area contributed by atoms with E-state index in [2.05, 4.69) is 12.2 Å². The van der Waals surface area contributed by atoms with Crippen molar-refractivity contribution in [3.8, 4) is 0 Å². The van der Waals surface area contributed by atoms with Crippen molar-refractivity contribution >= 4 is 29.5 Å². The Balaban J connectivity index is 1.85. The van der Waals surface area contributed by atoms with E-state index in [1.807, 2.05) is 0 Å². The van der Waals surface area contributed by atoms with Crippen LogP contribution in [0, 0.1) is 11.8 Å². The van der Waals surface area contributed by atoms with Crippen LogP contribution in [-0.2, 0) is 19.1 Å². The molecule has 3 heterocycles. The van der Waals surface area contributed by atoms with Gasteiger partial charge in [0.15, 0.2) is 0 Å². The summed E-state index contributed by atoms with van der Waals surface area (Å²) in [5.74, 6) is -1.54. The number of carbonyl (C=O) groups excluding carboxylic acids is 3. The Hall–Kier alpha value is -1.28. The van der Waals surface area contributed by atoms with Gasteiger partial charge in [-0.2, -0.15) is 0 Å². The lowest BCUT2D eigenvalue weighted by atomic mass is 9.71. The lowest BCUT2D eigenvalue weighted by Crippen LogP contribution is -2.53. The number of nitrogens with zero attached hydrogens (tertiary/aromatic N) is 1. The molecular formula is C20H32N2O5S. The average molecular weight is 413 g/mol. The number of thioether (sulfide) groups is 1. The van der Waals surface area contributed by atoms with Gasteiger partial charge < -0.3 is 20.1 Å². The number of fused-ring (bicyclic) bond motifs is 1. The minimum absolute atomic E-state index is 0.0383. The summed E-state index contributed by atoms with van der Waals surface area (Å²) in [5.41, 5.74) is 0. The number of hydrogen-bond acceptors (Lipinski definition) is 6. The van der Waals surface area contributed by atoms with Crippen molar-refractivity contribution in [3.63, 3.8) is 0 Å². The maximum absolute atomic E-state index is 13.3. The van der Waals surface area contributed by atoms with Crippen LogP contribution < -0.4 is 5.32 Å². The summed E-state index contributed by atoms with van der Waals surface area (Å²) in [6.07, 6.45) is 5.05. The zero-order valence-electron chi connectivity index (χ0n) is 16.8. The van der Waals surface area contributed by atoms with E-state index in [0.29, 0.717) is 19.5 Å². The van der Waals surface area contributed by atoms with Crippen LogP contribution in [0.15, 0.2) is 0 Å². The van der Waals surface area contributed by atoms with Gasteiger partial charge in [-0.15, -0.1) is 11.8 Å². The summed E-state index contributed by atoms with van der Waals surface area (Å²) in [5, 5.41) is 12.3. The number of ether oxygens (including phenoxy) is 1. The lowest BCUT2D eigenvalue weighted by Gasteiger charge is -2.34. The topological polar surface area (TPSA) is 95.9 Å². The second-order valence-corrected chi connectivity index (χ2v) is 9.52. The molecular weight excluding hydrogens is 380 g/mol. The molecule has 2 unspecified atom stereocenters. The highest BCUT2D eigenvalue weighted by Gasteiger charge is 2.73. The highest BCUT2D eigenvalue weighted by atomic mass is 32.2. The first kappa shape index (κ1) is 21.4. The molecule has 3 aliphatic rings. The van der Waals surface area contributed by atoms with E-state index in [9.17, 15) is 19.5 Å². The summed E-state index contributed by atoms with van der Waals surface area (Å²) in [6.45, 7) is 5.06. The van der Waals surface area contributed by atoms with Gasteiger partial charge in [-0.05, 0) is 32.6 Å². The molecule has 0 aromatic heterocycles. The second kappa shape index (κ2) is 9.03. The molecule has 3 fully saturated rings. The van der Waals surface area contributed by atoms with Gasteiger partial charge in [0.1, 0.15) is 6.04 Å². The Labute approximate surface area is 170 Å². The number of hydrogen-bond donors (Lipinski definition) is 2. The highest BCUT2D eigenvalue weighted by Crippen LogP contribution is 2.66. The summed E-state index contributed by atoms with van der Waals surface area (Å²) in [6, 6.07) is -0.576. The predicted octanol–water partition coefficient (Wildman–Crippen LogP) is 1.33. The van der Waals surface area contributed by atoms with E-state index in [-0.39, 0.29) is 36.2 Å². The quantitative estimate of drug-likeness (QED) is 0.415. The van der Waals surface area contributed by atoms with Gasteiger partial charge >= 0.3 is 5.97 Å². The van der Waals surface area contributed by atoms with E-state index < -0.39 is 22.6 Å². The molecule has 2 N–H and O–H groups in total. The SMILES string of the molecule is CCCCCNC(=O)C1N(CCCO)C(=O)[C@@H]2[C@H](C(=O)OCC)[C@@H]3CCC12S3. The Morgan fingerprint density at radius 3 is 2.79 bits per heavy atom. The maximum atomic E-state index is 13.3. The van der Waals surface area contributed by atoms with Crippen molar-refractivity contribution in [2.75, 3.05) is 26.3 Å².